The van der Waals surface area contributed by atoms with Crippen LogP contribution in [0.3, 0.4) is 0 Å². The Hall–Kier alpha value is -2.06. The van der Waals surface area contributed by atoms with E-state index < -0.39 is 0 Å². The normalized spacial score (nSPS) is 15.8. The van der Waals surface area contributed by atoms with E-state index in [0.29, 0.717) is 30.5 Å². The average molecular weight is 360 g/mol. The van der Waals surface area contributed by atoms with Gasteiger partial charge >= 0.3 is 0 Å². The van der Waals surface area contributed by atoms with E-state index in [9.17, 15) is 4.79 Å². The molecule has 0 aromatic carbocycles. The van der Waals surface area contributed by atoms with Gasteiger partial charge in [-0.15, -0.1) is 32.9 Å². The second kappa shape index (κ2) is 6.45. The van der Waals surface area contributed by atoms with Gasteiger partial charge < -0.3 is 9.42 Å². The molecule has 4 heterocycles. The Bertz CT molecular complexity index is 832. The Morgan fingerprint density at radius 3 is 2.83 bits per heavy atom. The highest BCUT2D eigenvalue weighted by atomic mass is 32.1. The van der Waals surface area contributed by atoms with E-state index in [2.05, 4.69) is 15.4 Å². The third-order valence-corrected chi connectivity index (χ3v) is 6.05. The molecular formula is C16H16N4O2S2. The predicted octanol–water partition coefficient (Wildman–Crippen LogP) is 3.58. The van der Waals surface area contributed by atoms with E-state index in [1.165, 1.54) is 0 Å². The van der Waals surface area contributed by atoms with Crippen molar-refractivity contribution < 1.29 is 9.32 Å². The van der Waals surface area contributed by atoms with E-state index in [0.717, 1.165) is 27.7 Å². The fourth-order valence-electron chi connectivity index (χ4n) is 2.88. The van der Waals surface area contributed by atoms with E-state index in [1.807, 2.05) is 29.3 Å². The standard InChI is InChI=1S/C16H16N4O2S2/c1-10-17-18-15(24-10)11-4-6-20(7-5-11)16(21)12-9-13(22-19-12)14-3-2-8-23-14/h2-3,8-9,11H,4-7H2,1H3. The largest absolute Gasteiger partial charge is 0.355 e. The zero-order valence-electron chi connectivity index (χ0n) is 13.1. The van der Waals surface area contributed by atoms with Crippen LogP contribution in [0.15, 0.2) is 28.1 Å². The van der Waals surface area contributed by atoms with Crippen LogP contribution in [-0.2, 0) is 0 Å². The van der Waals surface area contributed by atoms with Gasteiger partial charge in [0, 0.05) is 25.1 Å². The summed E-state index contributed by atoms with van der Waals surface area (Å²) < 4.78 is 5.31. The van der Waals surface area contributed by atoms with Crippen molar-refractivity contribution in [2.75, 3.05) is 13.1 Å². The van der Waals surface area contributed by atoms with Gasteiger partial charge in [-0.3, -0.25) is 4.79 Å². The molecule has 1 fully saturated rings. The van der Waals surface area contributed by atoms with Gasteiger partial charge in [0.05, 0.1) is 4.88 Å². The van der Waals surface area contributed by atoms with Crippen molar-refractivity contribution in [2.24, 2.45) is 0 Å². The maximum atomic E-state index is 12.6. The van der Waals surface area contributed by atoms with Crippen LogP contribution in [0.1, 0.15) is 39.3 Å². The summed E-state index contributed by atoms with van der Waals surface area (Å²) in [5, 5.41) is 16.3. The van der Waals surface area contributed by atoms with Crippen LogP contribution in [0.25, 0.3) is 10.6 Å². The first-order chi connectivity index (χ1) is 11.7. The summed E-state index contributed by atoms with van der Waals surface area (Å²) in [7, 11) is 0. The Morgan fingerprint density at radius 2 is 2.17 bits per heavy atom. The molecule has 0 atom stereocenters. The highest BCUT2D eigenvalue weighted by Crippen LogP contribution is 2.31. The number of hydrogen-bond acceptors (Lipinski definition) is 7. The first-order valence-corrected chi connectivity index (χ1v) is 9.50. The molecule has 0 saturated carbocycles. The Morgan fingerprint density at radius 1 is 1.33 bits per heavy atom. The average Bonchev–Trinajstić information content (AvgIpc) is 3.35. The van der Waals surface area contributed by atoms with Crippen molar-refractivity contribution in [3.8, 4) is 10.6 Å². The molecule has 1 aliphatic heterocycles. The summed E-state index contributed by atoms with van der Waals surface area (Å²) in [5.74, 6) is 0.986. The van der Waals surface area contributed by atoms with E-state index in [4.69, 9.17) is 4.52 Å². The molecule has 0 radical (unpaired) electrons. The molecule has 1 saturated heterocycles. The minimum absolute atomic E-state index is 0.0616. The number of thiophene rings is 1. The zero-order chi connectivity index (χ0) is 16.5. The second-order valence-corrected chi connectivity index (χ2v) is 7.94. The molecule has 24 heavy (non-hydrogen) atoms. The lowest BCUT2D eigenvalue weighted by atomic mass is 9.97. The number of rotatable bonds is 3. The summed E-state index contributed by atoms with van der Waals surface area (Å²) in [5.41, 5.74) is 0.378. The third-order valence-electron chi connectivity index (χ3n) is 4.17. The van der Waals surface area contributed by atoms with Crippen LogP contribution in [0, 0.1) is 6.92 Å². The lowest BCUT2D eigenvalue weighted by Crippen LogP contribution is -2.38. The molecule has 0 aliphatic carbocycles. The van der Waals surface area contributed by atoms with Crippen LogP contribution in [0.5, 0.6) is 0 Å². The van der Waals surface area contributed by atoms with Crippen LogP contribution in [0.2, 0.25) is 0 Å². The number of carbonyl (C=O) groups excluding carboxylic acids is 1. The van der Waals surface area contributed by atoms with E-state index in [-0.39, 0.29) is 5.91 Å². The summed E-state index contributed by atoms with van der Waals surface area (Å²) in [6.45, 7) is 3.39. The first kappa shape index (κ1) is 15.5. The smallest absolute Gasteiger partial charge is 0.276 e. The molecule has 0 unspecified atom stereocenters. The van der Waals surface area contributed by atoms with Gasteiger partial charge in [0.2, 0.25) is 0 Å². The van der Waals surface area contributed by atoms with Gasteiger partial charge in [-0.2, -0.15) is 0 Å². The first-order valence-electron chi connectivity index (χ1n) is 7.80. The maximum Gasteiger partial charge on any atom is 0.276 e. The van der Waals surface area contributed by atoms with Crippen molar-refractivity contribution in [3.63, 3.8) is 0 Å². The van der Waals surface area contributed by atoms with Crippen molar-refractivity contribution in [1.29, 1.82) is 0 Å². The summed E-state index contributed by atoms with van der Waals surface area (Å²) in [6.07, 6.45) is 1.83. The fraction of sp³-hybridized carbons (Fsp3) is 0.375. The fourth-order valence-corrected chi connectivity index (χ4v) is 4.42. The van der Waals surface area contributed by atoms with Crippen molar-refractivity contribution >= 4 is 28.6 Å². The highest BCUT2D eigenvalue weighted by Gasteiger charge is 2.28. The third kappa shape index (κ3) is 2.99. The van der Waals surface area contributed by atoms with Crippen LogP contribution in [0.4, 0.5) is 0 Å². The number of amides is 1. The molecule has 1 aliphatic rings. The van der Waals surface area contributed by atoms with Gasteiger partial charge in [-0.1, -0.05) is 11.2 Å². The van der Waals surface area contributed by atoms with Gasteiger partial charge in [-0.25, -0.2) is 0 Å². The van der Waals surface area contributed by atoms with E-state index in [1.54, 1.807) is 28.7 Å². The van der Waals surface area contributed by atoms with Crippen LogP contribution in [-0.4, -0.2) is 39.3 Å². The molecule has 3 aromatic heterocycles. The number of carbonyl (C=O) groups is 1. The Kier molecular flexibility index (Phi) is 4.15. The molecule has 3 aromatic rings. The SMILES string of the molecule is Cc1nnc(C2CCN(C(=O)c3cc(-c4cccs4)on3)CC2)s1. The lowest BCUT2D eigenvalue weighted by Gasteiger charge is -2.30. The number of hydrogen-bond donors (Lipinski definition) is 0. The van der Waals surface area contributed by atoms with Crippen molar-refractivity contribution in [3.05, 3.63) is 39.3 Å². The molecule has 6 nitrogen and oxygen atoms in total. The molecule has 4 rings (SSSR count). The molecule has 0 spiro atoms. The van der Waals surface area contributed by atoms with Crippen molar-refractivity contribution in [2.45, 2.75) is 25.7 Å². The molecule has 124 valence electrons. The van der Waals surface area contributed by atoms with Gasteiger partial charge in [0.15, 0.2) is 11.5 Å². The lowest BCUT2D eigenvalue weighted by molar-refractivity contribution is 0.0702. The molecular weight excluding hydrogens is 344 g/mol. The maximum absolute atomic E-state index is 12.6. The number of aryl methyl sites for hydroxylation is 1. The number of nitrogens with zero attached hydrogens (tertiary/aromatic N) is 4. The summed E-state index contributed by atoms with van der Waals surface area (Å²) in [6, 6.07) is 5.63. The molecule has 8 heteroatoms. The number of aromatic nitrogens is 3. The molecule has 1 amide bonds. The highest BCUT2D eigenvalue weighted by molar-refractivity contribution is 7.13. The molecule has 0 bridgehead atoms. The van der Waals surface area contributed by atoms with Crippen LogP contribution >= 0.6 is 22.7 Å². The van der Waals surface area contributed by atoms with Crippen molar-refractivity contribution in [1.82, 2.24) is 20.3 Å². The van der Waals surface area contributed by atoms with Gasteiger partial charge in [-0.05, 0) is 31.2 Å². The number of piperidine rings is 1. The Labute approximate surface area is 147 Å². The van der Waals surface area contributed by atoms with Crippen LogP contribution < -0.4 is 0 Å². The Balaban J connectivity index is 1.41. The zero-order valence-corrected chi connectivity index (χ0v) is 14.8. The van der Waals surface area contributed by atoms with Gasteiger partial charge in [0.25, 0.3) is 5.91 Å². The molecule has 0 N–H and O–H groups in total. The monoisotopic (exact) mass is 360 g/mol. The quantitative estimate of drug-likeness (QED) is 0.714. The number of likely N-dealkylation sites (tertiary alicyclic amines) is 1. The topological polar surface area (TPSA) is 72.1 Å². The minimum Gasteiger partial charge on any atom is -0.355 e. The predicted molar refractivity (Wildman–Crippen MR) is 92.3 cm³/mol. The summed E-state index contributed by atoms with van der Waals surface area (Å²) in [4.78, 5) is 15.4. The van der Waals surface area contributed by atoms with E-state index >= 15 is 0 Å². The minimum atomic E-state index is -0.0616. The summed E-state index contributed by atoms with van der Waals surface area (Å²) >= 11 is 3.22. The second-order valence-electron chi connectivity index (χ2n) is 5.78. The van der Waals surface area contributed by atoms with Gasteiger partial charge in [0.1, 0.15) is 10.0 Å².